The van der Waals surface area contributed by atoms with Gasteiger partial charge >= 0.3 is 11.9 Å². The third-order valence-corrected chi connectivity index (χ3v) is 4.56. The zero-order chi connectivity index (χ0) is 22.1. The number of aliphatic hydroxyl groups excluding tert-OH is 1. The second-order valence-corrected chi connectivity index (χ2v) is 6.73. The van der Waals surface area contributed by atoms with Crippen molar-refractivity contribution in [2.75, 3.05) is 6.61 Å². The van der Waals surface area contributed by atoms with Crippen LogP contribution in [0.4, 0.5) is 0 Å². The number of carboxylic acids is 1. The van der Waals surface area contributed by atoms with Crippen LogP contribution in [0, 0.1) is 5.92 Å². The van der Waals surface area contributed by atoms with Crippen LogP contribution in [0.3, 0.4) is 0 Å². The number of carbonyl (C=O) groups is 3. The third-order valence-electron chi connectivity index (χ3n) is 4.56. The van der Waals surface area contributed by atoms with E-state index in [1.54, 1.807) is 60.7 Å². The van der Waals surface area contributed by atoms with Gasteiger partial charge in [-0.2, -0.15) is 0 Å². The summed E-state index contributed by atoms with van der Waals surface area (Å²) in [6.45, 7) is -0.749. The number of aliphatic carboxylic acids is 1. The number of benzene rings is 2. The van der Waals surface area contributed by atoms with Gasteiger partial charge in [-0.3, -0.25) is 9.59 Å². The molecule has 0 aliphatic rings. The van der Waals surface area contributed by atoms with Crippen LogP contribution in [0.2, 0.25) is 0 Å². The van der Waals surface area contributed by atoms with Gasteiger partial charge < -0.3 is 26.5 Å². The summed E-state index contributed by atoms with van der Waals surface area (Å²) < 4.78 is 0. The lowest BCUT2D eigenvalue weighted by molar-refractivity contribution is -0.212. The number of primary amides is 1. The number of hydroxylamine groups is 2. The average Bonchev–Trinajstić information content (AvgIpc) is 2.73. The molecule has 0 bridgehead atoms. The van der Waals surface area contributed by atoms with E-state index in [2.05, 4.69) is 0 Å². The fraction of sp³-hybridized carbons (Fsp3) is 0.286. The van der Waals surface area contributed by atoms with Crippen LogP contribution in [0.1, 0.15) is 11.1 Å². The second kappa shape index (κ2) is 12.7. The molecular formula is C21H26ClN3O6. The molecule has 0 aromatic heterocycles. The Hall–Kier alpha value is -2.98. The highest BCUT2D eigenvalue weighted by molar-refractivity contribution is 5.85. The molecule has 31 heavy (non-hydrogen) atoms. The molecule has 0 fully saturated rings. The number of carboxylic acid groups (broad SMARTS) is 1. The van der Waals surface area contributed by atoms with Crippen molar-refractivity contribution in [1.82, 2.24) is 5.06 Å². The summed E-state index contributed by atoms with van der Waals surface area (Å²) in [5, 5.41) is 20.0. The SMILES string of the molecule is Cl.NC(=O)[C@H](CO)N(Cc1ccccc1)OC(=O)[C@@H](N)C(Cc1ccccc1)C(=O)O. The number of nitrogens with zero attached hydrogens (tertiary/aromatic N) is 1. The highest BCUT2D eigenvalue weighted by atomic mass is 35.5. The smallest absolute Gasteiger partial charge is 0.342 e. The Kier molecular flexibility index (Phi) is 10.6. The highest BCUT2D eigenvalue weighted by Gasteiger charge is 2.35. The lowest BCUT2D eigenvalue weighted by Crippen LogP contribution is -2.51. The Morgan fingerprint density at radius 3 is 1.94 bits per heavy atom. The fourth-order valence-electron chi connectivity index (χ4n) is 2.87. The summed E-state index contributed by atoms with van der Waals surface area (Å²) in [4.78, 5) is 41.3. The number of rotatable bonds is 11. The quantitative estimate of drug-likeness (QED) is 0.359. The van der Waals surface area contributed by atoms with Gasteiger partial charge in [0.25, 0.3) is 0 Å². The van der Waals surface area contributed by atoms with Crippen molar-refractivity contribution in [2.45, 2.75) is 25.0 Å². The maximum absolute atomic E-state index is 12.6. The van der Waals surface area contributed by atoms with E-state index in [4.69, 9.17) is 16.3 Å². The molecule has 3 atom stereocenters. The molecule has 0 aliphatic heterocycles. The lowest BCUT2D eigenvalue weighted by atomic mass is 9.93. The summed E-state index contributed by atoms with van der Waals surface area (Å²) in [6, 6.07) is 14.6. The molecule has 0 aliphatic carbocycles. The molecule has 0 spiro atoms. The predicted molar refractivity (Wildman–Crippen MR) is 115 cm³/mol. The van der Waals surface area contributed by atoms with E-state index in [1.807, 2.05) is 0 Å². The van der Waals surface area contributed by atoms with Crippen molar-refractivity contribution < 1.29 is 29.4 Å². The summed E-state index contributed by atoms with van der Waals surface area (Å²) >= 11 is 0. The van der Waals surface area contributed by atoms with Gasteiger partial charge in [-0.15, -0.1) is 17.5 Å². The first-order valence-corrected chi connectivity index (χ1v) is 9.28. The van der Waals surface area contributed by atoms with Gasteiger partial charge in [0.1, 0.15) is 12.1 Å². The van der Waals surface area contributed by atoms with Gasteiger partial charge in [0, 0.05) is 0 Å². The molecule has 1 amide bonds. The summed E-state index contributed by atoms with van der Waals surface area (Å²) in [5.74, 6) is -4.46. The number of amides is 1. The minimum Gasteiger partial charge on any atom is -0.481 e. The van der Waals surface area contributed by atoms with Crippen LogP contribution in [0.25, 0.3) is 0 Å². The molecule has 2 rings (SSSR count). The molecule has 9 nitrogen and oxygen atoms in total. The van der Waals surface area contributed by atoms with Gasteiger partial charge in [-0.05, 0) is 17.5 Å². The Bertz CT molecular complexity index is 853. The number of nitrogens with two attached hydrogens (primary N) is 2. The average molecular weight is 452 g/mol. The first-order valence-electron chi connectivity index (χ1n) is 9.28. The molecule has 2 aromatic carbocycles. The van der Waals surface area contributed by atoms with E-state index in [0.717, 1.165) is 5.06 Å². The van der Waals surface area contributed by atoms with Crippen molar-refractivity contribution in [3.8, 4) is 0 Å². The van der Waals surface area contributed by atoms with E-state index in [-0.39, 0.29) is 25.4 Å². The van der Waals surface area contributed by atoms with E-state index in [1.165, 1.54) is 0 Å². The minimum atomic E-state index is -1.51. The normalized spacial score (nSPS) is 13.5. The Morgan fingerprint density at radius 1 is 0.968 bits per heavy atom. The number of halogens is 1. The molecule has 0 saturated carbocycles. The van der Waals surface area contributed by atoms with Crippen molar-refractivity contribution in [3.63, 3.8) is 0 Å². The maximum atomic E-state index is 12.6. The lowest BCUT2D eigenvalue weighted by Gasteiger charge is -2.29. The monoisotopic (exact) mass is 451 g/mol. The largest absolute Gasteiger partial charge is 0.481 e. The summed E-state index contributed by atoms with van der Waals surface area (Å²) in [5.41, 5.74) is 12.6. The number of carbonyl (C=O) groups excluding carboxylic acids is 2. The van der Waals surface area contributed by atoms with Crippen LogP contribution < -0.4 is 11.5 Å². The Balaban J connectivity index is 0.00000480. The molecule has 0 saturated heterocycles. The molecule has 1 unspecified atom stereocenters. The zero-order valence-electron chi connectivity index (χ0n) is 16.7. The number of aliphatic hydroxyl groups is 1. The third kappa shape index (κ3) is 7.65. The van der Waals surface area contributed by atoms with Crippen molar-refractivity contribution >= 4 is 30.3 Å². The highest BCUT2D eigenvalue weighted by Crippen LogP contribution is 2.16. The van der Waals surface area contributed by atoms with Crippen molar-refractivity contribution in [1.29, 1.82) is 0 Å². The van der Waals surface area contributed by atoms with E-state index >= 15 is 0 Å². The number of hydrogen-bond acceptors (Lipinski definition) is 7. The van der Waals surface area contributed by atoms with Gasteiger partial charge in [-0.25, -0.2) is 4.79 Å². The van der Waals surface area contributed by atoms with Gasteiger partial charge in [0.15, 0.2) is 0 Å². The standard InChI is InChI=1S/C21H25N3O6.ClH/c22-18(16(20(27)28)11-14-7-3-1-4-8-14)21(29)30-24(17(13-25)19(23)26)12-15-9-5-2-6-10-15;/h1-10,16-18,25H,11-13,22H2,(H2,23,26)(H,27,28);1H/t16?,17-,18-;/m0./s1. The molecule has 6 N–H and O–H groups in total. The topological polar surface area (TPSA) is 156 Å². The van der Waals surface area contributed by atoms with Gasteiger partial charge in [0.05, 0.1) is 19.1 Å². The molecular weight excluding hydrogens is 426 g/mol. The van der Waals surface area contributed by atoms with Crippen molar-refractivity contribution in [2.24, 2.45) is 17.4 Å². The van der Waals surface area contributed by atoms with Crippen LogP contribution in [0.5, 0.6) is 0 Å². The first-order chi connectivity index (χ1) is 14.3. The molecule has 10 heteroatoms. The molecule has 168 valence electrons. The number of hydrogen-bond donors (Lipinski definition) is 4. The second-order valence-electron chi connectivity index (χ2n) is 6.73. The van der Waals surface area contributed by atoms with Crippen molar-refractivity contribution in [3.05, 3.63) is 71.8 Å². The van der Waals surface area contributed by atoms with Gasteiger partial charge in [-0.1, -0.05) is 60.7 Å². The Labute approximate surface area is 186 Å². The summed E-state index contributed by atoms with van der Waals surface area (Å²) in [7, 11) is 0. The fourth-order valence-corrected chi connectivity index (χ4v) is 2.87. The molecule has 0 radical (unpaired) electrons. The van der Waals surface area contributed by atoms with Crippen LogP contribution in [-0.2, 0) is 32.2 Å². The van der Waals surface area contributed by atoms with Crippen LogP contribution >= 0.6 is 12.4 Å². The van der Waals surface area contributed by atoms with Crippen LogP contribution in [-0.4, -0.2) is 51.8 Å². The van der Waals surface area contributed by atoms with Crippen LogP contribution in [0.15, 0.2) is 60.7 Å². The molecule has 2 aromatic rings. The van der Waals surface area contributed by atoms with E-state index < -0.39 is 42.5 Å². The van der Waals surface area contributed by atoms with E-state index in [9.17, 15) is 24.6 Å². The predicted octanol–water partition coefficient (Wildman–Crippen LogP) is 0.486. The van der Waals surface area contributed by atoms with E-state index in [0.29, 0.717) is 11.1 Å². The molecule has 0 heterocycles. The van der Waals surface area contributed by atoms with Gasteiger partial charge in [0.2, 0.25) is 5.91 Å². The first kappa shape index (κ1) is 26.1. The minimum absolute atomic E-state index is 0. The maximum Gasteiger partial charge on any atom is 0.342 e. The summed E-state index contributed by atoms with van der Waals surface area (Å²) in [6.07, 6.45) is 0.0182. The Morgan fingerprint density at radius 2 is 1.48 bits per heavy atom. The zero-order valence-corrected chi connectivity index (χ0v) is 17.5.